The topological polar surface area (TPSA) is 92.5 Å². The fourth-order valence-corrected chi connectivity index (χ4v) is 2.74. The van der Waals surface area contributed by atoms with Crippen molar-refractivity contribution in [3.63, 3.8) is 0 Å². The quantitative estimate of drug-likeness (QED) is 0.528. The second-order valence-corrected chi connectivity index (χ2v) is 6.03. The third kappa shape index (κ3) is 4.23. The van der Waals surface area contributed by atoms with E-state index in [4.69, 9.17) is 0 Å². The van der Waals surface area contributed by atoms with Gasteiger partial charge in [0.2, 0.25) is 5.91 Å². The van der Waals surface area contributed by atoms with Gasteiger partial charge in [0, 0.05) is 18.7 Å². The van der Waals surface area contributed by atoms with Crippen molar-refractivity contribution in [1.82, 2.24) is 5.32 Å². The first kappa shape index (κ1) is 17.6. The lowest BCUT2D eigenvalue weighted by Gasteiger charge is -2.12. The fraction of sp³-hybridized carbons (Fsp3) is 0.150. The molecule has 0 fully saturated rings. The summed E-state index contributed by atoms with van der Waals surface area (Å²) in [4.78, 5) is 22.3. The van der Waals surface area contributed by atoms with E-state index in [1.807, 2.05) is 42.5 Å². The van der Waals surface area contributed by atoms with Crippen LogP contribution in [0.5, 0.6) is 0 Å². The zero-order chi connectivity index (χ0) is 18.5. The molecule has 0 aliphatic rings. The number of hydrogen-bond donors (Lipinski definition) is 2. The van der Waals surface area contributed by atoms with Gasteiger partial charge in [-0.15, -0.1) is 0 Å². The number of non-ortho nitro benzene ring substituents is 1. The molecule has 1 amide bonds. The summed E-state index contributed by atoms with van der Waals surface area (Å²) >= 11 is 0. The summed E-state index contributed by atoms with van der Waals surface area (Å²) in [6, 6.07) is 19.4. The molecule has 0 saturated heterocycles. The van der Waals surface area contributed by atoms with Crippen LogP contribution in [0.2, 0.25) is 0 Å². The Morgan fingerprint density at radius 3 is 2.42 bits per heavy atom. The van der Waals surface area contributed by atoms with Gasteiger partial charge >= 0.3 is 0 Å². The van der Waals surface area contributed by atoms with Gasteiger partial charge in [0.15, 0.2) is 0 Å². The van der Waals surface area contributed by atoms with Crippen molar-refractivity contribution in [3.05, 3.63) is 88.0 Å². The number of aliphatic hydroxyl groups is 1. The molecule has 2 N–H and O–H groups in total. The molecule has 0 bridgehead atoms. The zero-order valence-corrected chi connectivity index (χ0v) is 14.0. The molecular weight excluding hydrogens is 332 g/mol. The number of nitro benzene ring substituents is 1. The zero-order valence-electron chi connectivity index (χ0n) is 14.0. The van der Waals surface area contributed by atoms with Crippen molar-refractivity contribution >= 4 is 22.4 Å². The van der Waals surface area contributed by atoms with E-state index in [-0.39, 0.29) is 24.6 Å². The molecule has 6 heteroatoms. The highest BCUT2D eigenvalue weighted by atomic mass is 16.6. The monoisotopic (exact) mass is 350 g/mol. The number of nitro groups is 1. The first-order valence-electron chi connectivity index (χ1n) is 8.20. The number of nitrogens with one attached hydrogen (secondary N) is 1. The highest BCUT2D eigenvalue weighted by molar-refractivity contribution is 5.85. The van der Waals surface area contributed by atoms with Gasteiger partial charge in [-0.25, -0.2) is 0 Å². The number of benzene rings is 3. The Bertz CT molecular complexity index is 938. The van der Waals surface area contributed by atoms with Gasteiger partial charge in [-0.3, -0.25) is 14.9 Å². The number of nitrogens with zero attached hydrogens (tertiary/aromatic N) is 1. The van der Waals surface area contributed by atoms with Crippen molar-refractivity contribution in [2.45, 2.75) is 12.5 Å². The molecule has 0 heterocycles. The summed E-state index contributed by atoms with van der Waals surface area (Å²) in [5.74, 6) is -0.193. The predicted octanol–water partition coefficient (Wildman–Crippen LogP) is 3.14. The summed E-state index contributed by atoms with van der Waals surface area (Å²) in [6.07, 6.45) is -0.700. The molecule has 3 aromatic carbocycles. The standard InChI is InChI=1S/C20H18N2O4/c23-19(16-7-9-18(10-8-16)22(25)26)13-21-20(24)12-14-5-6-15-3-1-2-4-17(15)11-14/h1-11,19,23H,12-13H2,(H,21,24)/t19-/m0/s1. The number of hydrogen-bond acceptors (Lipinski definition) is 4. The van der Waals surface area contributed by atoms with Crippen LogP contribution in [0.3, 0.4) is 0 Å². The molecule has 3 aromatic rings. The maximum Gasteiger partial charge on any atom is 0.269 e. The van der Waals surface area contributed by atoms with Crippen LogP contribution in [-0.2, 0) is 11.2 Å². The van der Waals surface area contributed by atoms with Gasteiger partial charge in [0.1, 0.15) is 0 Å². The van der Waals surface area contributed by atoms with Crippen molar-refractivity contribution in [2.75, 3.05) is 6.54 Å². The van der Waals surface area contributed by atoms with Crippen molar-refractivity contribution in [3.8, 4) is 0 Å². The summed E-state index contributed by atoms with van der Waals surface area (Å²) in [5.41, 5.74) is 1.37. The van der Waals surface area contributed by atoms with Crippen LogP contribution in [0.4, 0.5) is 5.69 Å². The number of fused-ring (bicyclic) bond motifs is 1. The van der Waals surface area contributed by atoms with Gasteiger partial charge in [0.25, 0.3) is 5.69 Å². The van der Waals surface area contributed by atoms with Crippen LogP contribution in [0, 0.1) is 10.1 Å². The van der Waals surface area contributed by atoms with Gasteiger partial charge in [-0.05, 0) is 34.0 Å². The van der Waals surface area contributed by atoms with E-state index in [9.17, 15) is 20.0 Å². The summed E-state index contributed by atoms with van der Waals surface area (Å²) < 4.78 is 0. The minimum atomic E-state index is -0.920. The van der Waals surface area contributed by atoms with E-state index in [0.717, 1.165) is 16.3 Å². The molecule has 0 radical (unpaired) electrons. The second-order valence-electron chi connectivity index (χ2n) is 6.03. The van der Waals surface area contributed by atoms with Crippen LogP contribution >= 0.6 is 0 Å². The van der Waals surface area contributed by atoms with E-state index in [1.54, 1.807) is 0 Å². The Balaban J connectivity index is 1.56. The molecule has 1 atom stereocenters. The molecule has 0 aliphatic carbocycles. The Kier molecular flexibility index (Phi) is 5.24. The van der Waals surface area contributed by atoms with E-state index in [1.165, 1.54) is 24.3 Å². The minimum absolute atomic E-state index is 0.0405. The van der Waals surface area contributed by atoms with Crippen LogP contribution in [-0.4, -0.2) is 22.5 Å². The number of amides is 1. The van der Waals surface area contributed by atoms with Gasteiger partial charge in [-0.2, -0.15) is 0 Å². The third-order valence-corrected chi connectivity index (χ3v) is 4.16. The lowest BCUT2D eigenvalue weighted by atomic mass is 10.0. The van der Waals surface area contributed by atoms with Gasteiger partial charge < -0.3 is 10.4 Å². The maximum atomic E-state index is 12.1. The number of carbonyl (C=O) groups excluding carboxylic acids is 1. The van der Waals surface area contributed by atoms with E-state index in [0.29, 0.717) is 5.56 Å². The number of carbonyl (C=O) groups is 1. The Morgan fingerprint density at radius 2 is 1.73 bits per heavy atom. The van der Waals surface area contributed by atoms with Crippen LogP contribution in [0.15, 0.2) is 66.7 Å². The van der Waals surface area contributed by atoms with Crippen molar-refractivity contribution in [2.24, 2.45) is 0 Å². The summed E-state index contributed by atoms with van der Waals surface area (Å²) in [6.45, 7) is 0.0459. The first-order chi connectivity index (χ1) is 12.5. The Labute approximate surface area is 150 Å². The molecule has 0 aromatic heterocycles. The molecule has 26 heavy (non-hydrogen) atoms. The van der Waals surface area contributed by atoms with Crippen LogP contribution in [0.1, 0.15) is 17.2 Å². The first-order valence-corrected chi connectivity index (χ1v) is 8.20. The maximum absolute atomic E-state index is 12.1. The molecular formula is C20H18N2O4. The smallest absolute Gasteiger partial charge is 0.269 e. The average molecular weight is 350 g/mol. The highest BCUT2D eigenvalue weighted by Crippen LogP contribution is 2.18. The Morgan fingerprint density at radius 1 is 1.04 bits per heavy atom. The summed E-state index contributed by atoms with van der Waals surface area (Å²) in [7, 11) is 0. The van der Waals surface area contributed by atoms with E-state index < -0.39 is 11.0 Å². The molecule has 0 unspecified atom stereocenters. The van der Waals surface area contributed by atoms with Gasteiger partial charge in [0.05, 0.1) is 17.4 Å². The normalized spacial score (nSPS) is 11.9. The third-order valence-electron chi connectivity index (χ3n) is 4.16. The lowest BCUT2D eigenvalue weighted by Crippen LogP contribution is -2.29. The lowest BCUT2D eigenvalue weighted by molar-refractivity contribution is -0.384. The second kappa shape index (κ2) is 7.76. The molecule has 6 nitrogen and oxygen atoms in total. The van der Waals surface area contributed by atoms with Gasteiger partial charge in [-0.1, -0.05) is 42.5 Å². The fourth-order valence-electron chi connectivity index (χ4n) is 2.74. The van der Waals surface area contributed by atoms with E-state index in [2.05, 4.69) is 5.32 Å². The molecule has 0 aliphatic heterocycles. The van der Waals surface area contributed by atoms with Crippen LogP contribution < -0.4 is 5.32 Å². The molecule has 0 spiro atoms. The molecule has 3 rings (SSSR count). The highest BCUT2D eigenvalue weighted by Gasteiger charge is 2.12. The molecule has 0 saturated carbocycles. The number of rotatable bonds is 6. The van der Waals surface area contributed by atoms with Crippen molar-refractivity contribution in [1.29, 1.82) is 0 Å². The average Bonchev–Trinajstić information content (AvgIpc) is 2.66. The predicted molar refractivity (Wildman–Crippen MR) is 98.7 cm³/mol. The SMILES string of the molecule is O=C(Cc1ccc2ccccc2c1)NC[C@H](O)c1ccc([N+](=O)[O-])cc1. The Hall–Kier alpha value is -3.25. The molecule has 132 valence electrons. The van der Waals surface area contributed by atoms with Crippen molar-refractivity contribution < 1.29 is 14.8 Å². The largest absolute Gasteiger partial charge is 0.387 e. The van der Waals surface area contributed by atoms with E-state index >= 15 is 0 Å². The number of aliphatic hydroxyl groups excluding tert-OH is 1. The summed E-state index contributed by atoms with van der Waals surface area (Å²) in [5, 5.41) is 25.6. The minimum Gasteiger partial charge on any atom is -0.387 e. The van der Waals surface area contributed by atoms with Crippen LogP contribution in [0.25, 0.3) is 10.8 Å².